The number of nitrogens with one attached hydrogen (secondary N) is 1. The molecule has 2 amide bonds. The van der Waals surface area contributed by atoms with Crippen molar-refractivity contribution in [1.82, 2.24) is 0 Å². The molecule has 0 unspecified atom stereocenters. The van der Waals surface area contributed by atoms with Gasteiger partial charge in [-0.25, -0.2) is 0 Å². The Labute approximate surface area is 138 Å². The van der Waals surface area contributed by atoms with Gasteiger partial charge >= 0.3 is 0 Å². The summed E-state index contributed by atoms with van der Waals surface area (Å²) in [5.74, 6) is -0.481. The third-order valence-corrected chi connectivity index (χ3v) is 4.12. The molecule has 2 aromatic rings. The van der Waals surface area contributed by atoms with Gasteiger partial charge in [-0.1, -0.05) is 11.6 Å². The van der Waals surface area contributed by atoms with Gasteiger partial charge in [-0.05, 0) is 45.6 Å². The van der Waals surface area contributed by atoms with Crippen molar-refractivity contribution in [3.63, 3.8) is 0 Å². The van der Waals surface area contributed by atoms with E-state index in [1.165, 1.54) is 11.3 Å². The molecule has 0 saturated heterocycles. The lowest BCUT2D eigenvalue weighted by molar-refractivity contribution is -0.118. The largest absolute Gasteiger partial charge is 0.483 e. The van der Waals surface area contributed by atoms with E-state index in [-0.39, 0.29) is 18.1 Å². The SMILES string of the molecule is NC(=O)c1ccsc1NC(=O)COc1ccc(Cl)cc1Br. The number of nitrogens with two attached hydrogens (primary N) is 1. The van der Waals surface area contributed by atoms with E-state index in [0.717, 1.165) is 0 Å². The van der Waals surface area contributed by atoms with E-state index in [0.29, 0.717) is 20.2 Å². The second kappa shape index (κ2) is 6.93. The number of carbonyl (C=O) groups excluding carboxylic acids is 2. The van der Waals surface area contributed by atoms with Crippen molar-refractivity contribution in [3.8, 4) is 5.75 Å². The Morgan fingerprint density at radius 3 is 2.81 bits per heavy atom. The first-order valence-electron chi connectivity index (χ1n) is 5.72. The second-order valence-corrected chi connectivity index (χ2v) is 6.15. The molecule has 21 heavy (non-hydrogen) atoms. The van der Waals surface area contributed by atoms with Gasteiger partial charge in [0.1, 0.15) is 10.8 Å². The smallest absolute Gasteiger partial charge is 0.262 e. The van der Waals surface area contributed by atoms with E-state index in [1.807, 2.05) is 0 Å². The summed E-state index contributed by atoms with van der Waals surface area (Å²) in [4.78, 5) is 23.0. The van der Waals surface area contributed by atoms with Crippen LogP contribution >= 0.6 is 38.9 Å². The van der Waals surface area contributed by atoms with Crippen LogP contribution in [0.15, 0.2) is 34.1 Å². The standard InChI is InChI=1S/C13H10BrClN2O3S/c14-9-5-7(15)1-2-10(9)20-6-11(18)17-13-8(12(16)19)3-4-21-13/h1-5H,6H2,(H2,16,19)(H,17,18). The third-order valence-electron chi connectivity index (χ3n) is 2.44. The molecule has 0 spiro atoms. The van der Waals surface area contributed by atoms with Gasteiger partial charge in [0.15, 0.2) is 6.61 Å². The summed E-state index contributed by atoms with van der Waals surface area (Å²) < 4.78 is 6.02. The zero-order chi connectivity index (χ0) is 15.4. The normalized spacial score (nSPS) is 10.2. The number of anilines is 1. The first-order valence-corrected chi connectivity index (χ1v) is 7.77. The zero-order valence-electron chi connectivity index (χ0n) is 10.6. The predicted octanol–water partition coefficient (Wildman–Crippen LogP) is 3.28. The topological polar surface area (TPSA) is 81.4 Å². The predicted molar refractivity (Wildman–Crippen MR) is 86.1 cm³/mol. The summed E-state index contributed by atoms with van der Waals surface area (Å²) in [5, 5.41) is 5.23. The molecule has 0 aliphatic rings. The Morgan fingerprint density at radius 1 is 1.38 bits per heavy atom. The summed E-state index contributed by atoms with van der Waals surface area (Å²) in [7, 11) is 0. The first-order chi connectivity index (χ1) is 9.97. The van der Waals surface area contributed by atoms with Crippen molar-refractivity contribution in [3.05, 3.63) is 44.7 Å². The summed E-state index contributed by atoms with van der Waals surface area (Å²) in [6, 6.07) is 6.53. The van der Waals surface area contributed by atoms with Crippen molar-refractivity contribution in [2.24, 2.45) is 5.73 Å². The molecule has 0 bridgehead atoms. The van der Waals surface area contributed by atoms with Crippen molar-refractivity contribution in [2.45, 2.75) is 0 Å². The quantitative estimate of drug-likeness (QED) is 0.823. The number of rotatable bonds is 5. The third kappa shape index (κ3) is 4.20. The lowest BCUT2D eigenvalue weighted by Crippen LogP contribution is -2.21. The van der Waals surface area contributed by atoms with Crippen LogP contribution in [0.3, 0.4) is 0 Å². The summed E-state index contributed by atoms with van der Waals surface area (Å²) in [5.41, 5.74) is 5.48. The number of primary amides is 1. The fourth-order valence-corrected chi connectivity index (χ4v) is 3.10. The van der Waals surface area contributed by atoms with Crippen molar-refractivity contribution in [1.29, 1.82) is 0 Å². The fourth-order valence-electron chi connectivity index (χ4n) is 1.50. The molecular weight excluding hydrogens is 380 g/mol. The maximum Gasteiger partial charge on any atom is 0.262 e. The number of amides is 2. The summed E-state index contributed by atoms with van der Waals surface area (Å²) in [6.45, 7) is -0.198. The lowest BCUT2D eigenvalue weighted by Gasteiger charge is -2.09. The van der Waals surface area contributed by atoms with Crippen LogP contribution in [0.1, 0.15) is 10.4 Å². The van der Waals surface area contributed by atoms with Crippen LogP contribution in [0.5, 0.6) is 5.75 Å². The number of hydrogen-bond acceptors (Lipinski definition) is 4. The van der Waals surface area contributed by atoms with E-state index in [9.17, 15) is 9.59 Å². The highest BCUT2D eigenvalue weighted by molar-refractivity contribution is 9.10. The van der Waals surface area contributed by atoms with Gasteiger partial charge in [0, 0.05) is 5.02 Å². The minimum absolute atomic E-state index is 0.198. The van der Waals surface area contributed by atoms with Crippen LogP contribution in [0, 0.1) is 0 Å². The average Bonchev–Trinajstić information content (AvgIpc) is 2.86. The number of hydrogen-bond donors (Lipinski definition) is 2. The maximum atomic E-state index is 11.8. The number of thiophene rings is 1. The minimum atomic E-state index is -0.590. The molecule has 0 aliphatic carbocycles. The zero-order valence-corrected chi connectivity index (χ0v) is 13.7. The van der Waals surface area contributed by atoms with E-state index in [1.54, 1.807) is 29.6 Å². The van der Waals surface area contributed by atoms with Gasteiger partial charge in [-0.3, -0.25) is 9.59 Å². The molecule has 0 fully saturated rings. The van der Waals surface area contributed by atoms with E-state index in [2.05, 4.69) is 21.2 Å². The van der Waals surface area contributed by atoms with Crippen LogP contribution < -0.4 is 15.8 Å². The number of carbonyl (C=O) groups is 2. The Balaban J connectivity index is 1.96. The first kappa shape index (κ1) is 15.8. The van der Waals surface area contributed by atoms with Crippen molar-refractivity contribution >= 4 is 55.7 Å². The average molecular weight is 390 g/mol. The van der Waals surface area contributed by atoms with E-state index >= 15 is 0 Å². The maximum absolute atomic E-state index is 11.8. The van der Waals surface area contributed by atoms with Crippen LogP contribution in [0.25, 0.3) is 0 Å². The highest BCUT2D eigenvalue weighted by Crippen LogP contribution is 2.28. The molecule has 110 valence electrons. The summed E-state index contributed by atoms with van der Waals surface area (Å²) in [6.07, 6.45) is 0. The molecule has 0 aliphatic heterocycles. The number of halogens is 2. The van der Waals surface area contributed by atoms with Gasteiger partial charge in [0.2, 0.25) is 0 Å². The Kier molecular flexibility index (Phi) is 5.22. The number of ether oxygens (including phenoxy) is 1. The molecule has 1 aromatic carbocycles. The van der Waals surface area contributed by atoms with E-state index in [4.69, 9.17) is 22.1 Å². The highest BCUT2D eigenvalue weighted by atomic mass is 79.9. The van der Waals surface area contributed by atoms with Gasteiger partial charge in [0.05, 0.1) is 10.0 Å². The highest BCUT2D eigenvalue weighted by Gasteiger charge is 2.13. The molecule has 2 rings (SSSR count). The van der Waals surface area contributed by atoms with E-state index < -0.39 is 5.91 Å². The molecule has 0 atom stereocenters. The van der Waals surface area contributed by atoms with Crippen molar-refractivity contribution < 1.29 is 14.3 Å². The Morgan fingerprint density at radius 2 is 2.14 bits per heavy atom. The van der Waals surface area contributed by atoms with Crippen LogP contribution in [-0.4, -0.2) is 18.4 Å². The molecular formula is C13H10BrClN2O3S. The van der Waals surface area contributed by atoms with Gasteiger partial charge in [0.25, 0.3) is 11.8 Å². The van der Waals surface area contributed by atoms with Crippen LogP contribution in [0.4, 0.5) is 5.00 Å². The lowest BCUT2D eigenvalue weighted by atomic mass is 10.3. The molecule has 5 nitrogen and oxygen atoms in total. The fraction of sp³-hybridized carbons (Fsp3) is 0.0769. The minimum Gasteiger partial charge on any atom is -0.483 e. The Hall–Kier alpha value is -1.57. The van der Waals surface area contributed by atoms with Crippen LogP contribution in [-0.2, 0) is 4.79 Å². The van der Waals surface area contributed by atoms with Gasteiger partial charge in [-0.2, -0.15) is 0 Å². The molecule has 1 heterocycles. The van der Waals surface area contributed by atoms with Gasteiger partial charge < -0.3 is 15.8 Å². The molecule has 0 radical (unpaired) electrons. The molecule has 3 N–H and O–H groups in total. The molecule has 0 saturated carbocycles. The molecule has 8 heteroatoms. The number of benzene rings is 1. The Bertz CT molecular complexity index is 690. The van der Waals surface area contributed by atoms with Gasteiger partial charge in [-0.15, -0.1) is 11.3 Å². The second-order valence-electron chi connectivity index (χ2n) is 3.94. The monoisotopic (exact) mass is 388 g/mol. The van der Waals surface area contributed by atoms with Crippen molar-refractivity contribution in [2.75, 3.05) is 11.9 Å². The van der Waals surface area contributed by atoms with Crippen LogP contribution in [0.2, 0.25) is 5.02 Å². The summed E-state index contributed by atoms with van der Waals surface area (Å²) >= 11 is 10.3. The molecule has 1 aromatic heterocycles.